The van der Waals surface area contributed by atoms with Gasteiger partial charge in [-0.05, 0) is 51.8 Å². The lowest BCUT2D eigenvalue weighted by molar-refractivity contribution is 0.182. The van der Waals surface area contributed by atoms with Crippen LogP contribution in [0.1, 0.15) is 37.1 Å². The van der Waals surface area contributed by atoms with Gasteiger partial charge in [0, 0.05) is 18.4 Å². The standard InChI is InChI=1S/C12H19N3/c1-9-6-11(4-5-15(9)3)12-7-13-10(2)14-8-12/h7-9,11H,4-6H2,1-3H3/t9-,11-/m1/s1. The van der Waals surface area contributed by atoms with Gasteiger partial charge in [0.05, 0.1) is 0 Å². The Labute approximate surface area is 91.5 Å². The zero-order chi connectivity index (χ0) is 10.8. The van der Waals surface area contributed by atoms with Gasteiger partial charge >= 0.3 is 0 Å². The van der Waals surface area contributed by atoms with Crippen LogP contribution in [0, 0.1) is 6.92 Å². The summed E-state index contributed by atoms with van der Waals surface area (Å²) in [5.74, 6) is 1.51. The molecule has 15 heavy (non-hydrogen) atoms. The van der Waals surface area contributed by atoms with E-state index in [9.17, 15) is 0 Å². The SMILES string of the molecule is Cc1ncc([C@@H]2CCN(C)[C@H](C)C2)cn1. The smallest absolute Gasteiger partial charge is 0.125 e. The first-order valence-corrected chi connectivity index (χ1v) is 5.65. The van der Waals surface area contributed by atoms with Gasteiger partial charge in [-0.25, -0.2) is 9.97 Å². The molecule has 0 aromatic carbocycles. The number of nitrogens with zero attached hydrogens (tertiary/aromatic N) is 3. The number of hydrogen-bond donors (Lipinski definition) is 0. The number of aromatic nitrogens is 2. The maximum atomic E-state index is 4.27. The molecule has 2 atom stereocenters. The van der Waals surface area contributed by atoms with Gasteiger partial charge in [-0.15, -0.1) is 0 Å². The third-order valence-electron chi connectivity index (χ3n) is 3.48. The molecule has 1 fully saturated rings. The maximum Gasteiger partial charge on any atom is 0.125 e. The van der Waals surface area contributed by atoms with E-state index in [0.717, 1.165) is 5.82 Å². The van der Waals surface area contributed by atoms with Crippen LogP contribution in [0.15, 0.2) is 12.4 Å². The van der Waals surface area contributed by atoms with Crippen molar-refractivity contribution in [1.29, 1.82) is 0 Å². The van der Waals surface area contributed by atoms with Crippen molar-refractivity contribution >= 4 is 0 Å². The van der Waals surface area contributed by atoms with Gasteiger partial charge in [0.15, 0.2) is 0 Å². The van der Waals surface area contributed by atoms with Crippen molar-refractivity contribution in [3.63, 3.8) is 0 Å². The van der Waals surface area contributed by atoms with Crippen LogP contribution in [-0.2, 0) is 0 Å². The van der Waals surface area contributed by atoms with E-state index in [0.29, 0.717) is 12.0 Å². The summed E-state index contributed by atoms with van der Waals surface area (Å²) in [7, 11) is 2.20. The van der Waals surface area contributed by atoms with Crippen LogP contribution in [-0.4, -0.2) is 34.5 Å². The van der Waals surface area contributed by atoms with Gasteiger partial charge < -0.3 is 4.90 Å². The molecule has 3 nitrogen and oxygen atoms in total. The van der Waals surface area contributed by atoms with E-state index in [2.05, 4.69) is 28.8 Å². The molecule has 1 saturated heterocycles. The van der Waals surface area contributed by atoms with Crippen LogP contribution in [0.5, 0.6) is 0 Å². The predicted octanol–water partition coefficient (Wildman–Crippen LogP) is 1.98. The first-order chi connectivity index (χ1) is 7.16. The Hall–Kier alpha value is -0.960. The second-order valence-corrected chi connectivity index (χ2v) is 4.61. The highest BCUT2D eigenvalue weighted by atomic mass is 15.1. The first-order valence-electron chi connectivity index (χ1n) is 5.65. The third kappa shape index (κ3) is 2.34. The number of aryl methyl sites for hydroxylation is 1. The second-order valence-electron chi connectivity index (χ2n) is 4.61. The van der Waals surface area contributed by atoms with Crippen molar-refractivity contribution in [3.05, 3.63) is 23.8 Å². The number of rotatable bonds is 1. The van der Waals surface area contributed by atoms with Crippen molar-refractivity contribution in [2.24, 2.45) is 0 Å². The molecule has 82 valence electrons. The van der Waals surface area contributed by atoms with Crippen LogP contribution in [0.4, 0.5) is 0 Å². The highest BCUT2D eigenvalue weighted by Gasteiger charge is 2.24. The Balaban J connectivity index is 2.08. The molecule has 0 aliphatic carbocycles. The lowest BCUT2D eigenvalue weighted by atomic mass is 9.87. The summed E-state index contributed by atoms with van der Waals surface area (Å²) >= 11 is 0. The minimum absolute atomic E-state index is 0.650. The molecule has 0 spiro atoms. The zero-order valence-corrected chi connectivity index (χ0v) is 9.77. The van der Waals surface area contributed by atoms with E-state index >= 15 is 0 Å². The predicted molar refractivity (Wildman–Crippen MR) is 60.8 cm³/mol. The van der Waals surface area contributed by atoms with Crippen LogP contribution in [0.25, 0.3) is 0 Å². The van der Waals surface area contributed by atoms with E-state index < -0.39 is 0 Å². The van der Waals surface area contributed by atoms with Gasteiger partial charge in [-0.3, -0.25) is 0 Å². The third-order valence-corrected chi connectivity index (χ3v) is 3.48. The van der Waals surface area contributed by atoms with Crippen LogP contribution in [0.2, 0.25) is 0 Å². The van der Waals surface area contributed by atoms with Crippen molar-refractivity contribution < 1.29 is 0 Å². The fourth-order valence-corrected chi connectivity index (χ4v) is 2.21. The number of piperidine rings is 1. The second kappa shape index (κ2) is 4.27. The maximum absolute atomic E-state index is 4.27. The Kier molecular flexibility index (Phi) is 3.00. The van der Waals surface area contributed by atoms with Crippen molar-refractivity contribution in [2.75, 3.05) is 13.6 Å². The number of likely N-dealkylation sites (tertiary alicyclic amines) is 1. The molecule has 0 radical (unpaired) electrons. The average Bonchev–Trinajstić information content (AvgIpc) is 2.23. The fraction of sp³-hybridized carbons (Fsp3) is 0.667. The molecule has 1 aromatic rings. The van der Waals surface area contributed by atoms with Crippen molar-refractivity contribution in [1.82, 2.24) is 14.9 Å². The molecule has 0 saturated carbocycles. The molecule has 1 aromatic heterocycles. The van der Waals surface area contributed by atoms with Gasteiger partial charge in [0.2, 0.25) is 0 Å². The Morgan fingerprint density at radius 3 is 2.60 bits per heavy atom. The summed E-state index contributed by atoms with van der Waals surface area (Å²) in [6.07, 6.45) is 6.44. The molecule has 3 heteroatoms. The molecular formula is C12H19N3. The van der Waals surface area contributed by atoms with E-state index in [1.807, 2.05) is 19.3 Å². The molecule has 1 aliphatic heterocycles. The number of hydrogen-bond acceptors (Lipinski definition) is 3. The average molecular weight is 205 g/mol. The summed E-state index contributed by atoms with van der Waals surface area (Å²) in [5.41, 5.74) is 1.31. The van der Waals surface area contributed by atoms with Gasteiger partial charge in [-0.1, -0.05) is 0 Å². The molecule has 0 bridgehead atoms. The quantitative estimate of drug-likeness (QED) is 0.702. The largest absolute Gasteiger partial charge is 0.304 e. The molecule has 0 unspecified atom stereocenters. The molecular weight excluding hydrogens is 186 g/mol. The minimum atomic E-state index is 0.650. The highest BCUT2D eigenvalue weighted by Crippen LogP contribution is 2.29. The molecule has 2 rings (SSSR count). The lowest BCUT2D eigenvalue weighted by Crippen LogP contribution is -2.36. The summed E-state index contributed by atoms with van der Waals surface area (Å²) in [5, 5.41) is 0. The zero-order valence-electron chi connectivity index (χ0n) is 9.77. The van der Waals surface area contributed by atoms with Gasteiger partial charge in [0.1, 0.15) is 5.82 Å². The Morgan fingerprint density at radius 1 is 1.33 bits per heavy atom. The van der Waals surface area contributed by atoms with Gasteiger partial charge in [0.25, 0.3) is 0 Å². The fourth-order valence-electron chi connectivity index (χ4n) is 2.21. The molecule has 0 amide bonds. The Bertz CT molecular complexity index is 320. The normalized spacial score (nSPS) is 27.9. The summed E-state index contributed by atoms with van der Waals surface area (Å²) in [6.45, 7) is 5.40. The lowest BCUT2D eigenvalue weighted by Gasteiger charge is -2.34. The van der Waals surface area contributed by atoms with Crippen molar-refractivity contribution in [2.45, 2.75) is 38.6 Å². The Morgan fingerprint density at radius 2 is 2.00 bits per heavy atom. The van der Waals surface area contributed by atoms with Gasteiger partial charge in [-0.2, -0.15) is 0 Å². The first kappa shape index (κ1) is 10.6. The van der Waals surface area contributed by atoms with Crippen LogP contribution < -0.4 is 0 Å². The van der Waals surface area contributed by atoms with Crippen molar-refractivity contribution in [3.8, 4) is 0 Å². The summed E-state index contributed by atoms with van der Waals surface area (Å²) in [4.78, 5) is 11.0. The highest BCUT2D eigenvalue weighted by molar-refractivity contribution is 5.13. The topological polar surface area (TPSA) is 29.0 Å². The van der Waals surface area contributed by atoms with Crippen LogP contribution >= 0.6 is 0 Å². The van der Waals surface area contributed by atoms with E-state index in [1.54, 1.807) is 0 Å². The van der Waals surface area contributed by atoms with Crippen LogP contribution in [0.3, 0.4) is 0 Å². The summed E-state index contributed by atoms with van der Waals surface area (Å²) in [6, 6.07) is 0.671. The molecule has 1 aliphatic rings. The van der Waals surface area contributed by atoms with E-state index in [-0.39, 0.29) is 0 Å². The minimum Gasteiger partial charge on any atom is -0.304 e. The van der Waals surface area contributed by atoms with E-state index in [4.69, 9.17) is 0 Å². The summed E-state index contributed by atoms with van der Waals surface area (Å²) < 4.78 is 0. The molecule has 0 N–H and O–H groups in total. The monoisotopic (exact) mass is 205 g/mol. The van der Waals surface area contributed by atoms with E-state index in [1.165, 1.54) is 24.9 Å². The molecule has 2 heterocycles.